The molecule has 1 N–H and O–H groups in total. The average Bonchev–Trinajstić information content (AvgIpc) is 2.73. The van der Waals surface area contributed by atoms with Gasteiger partial charge in [-0.25, -0.2) is 0 Å². The summed E-state index contributed by atoms with van der Waals surface area (Å²) in [7, 11) is 0. The molecule has 0 saturated heterocycles. The van der Waals surface area contributed by atoms with Crippen LogP contribution >= 0.6 is 11.3 Å². The van der Waals surface area contributed by atoms with E-state index in [0.29, 0.717) is 6.54 Å². The molecule has 1 heterocycles. The largest absolute Gasteiger partial charge is 0.481 e. The van der Waals surface area contributed by atoms with E-state index in [4.69, 9.17) is 0 Å². The lowest BCUT2D eigenvalue weighted by Gasteiger charge is -2.27. The fourth-order valence-corrected chi connectivity index (χ4v) is 3.53. The van der Waals surface area contributed by atoms with Gasteiger partial charge in [-0.15, -0.1) is 11.3 Å². The Hall–Kier alpha value is -1.36. The molecular weight excluding hydrogens is 274 g/mol. The molecule has 0 radical (unpaired) electrons. The minimum atomic E-state index is -0.867. The SMILES string of the molecule is CC(C)N(Cc1cccs1)C(=O)C1C(C(=O)O)C1(C)C. The van der Waals surface area contributed by atoms with Crippen LogP contribution in [-0.4, -0.2) is 27.9 Å². The van der Waals surface area contributed by atoms with Crippen molar-refractivity contribution in [1.82, 2.24) is 4.90 Å². The van der Waals surface area contributed by atoms with Gasteiger partial charge >= 0.3 is 5.97 Å². The molecular formula is C15H21NO3S. The van der Waals surface area contributed by atoms with Crippen molar-refractivity contribution in [2.45, 2.75) is 40.3 Å². The predicted molar refractivity (Wildman–Crippen MR) is 78.4 cm³/mol. The van der Waals surface area contributed by atoms with Gasteiger partial charge in [-0.3, -0.25) is 9.59 Å². The molecule has 1 aliphatic rings. The Kier molecular flexibility index (Phi) is 3.91. The Morgan fingerprint density at radius 1 is 1.40 bits per heavy atom. The van der Waals surface area contributed by atoms with Gasteiger partial charge < -0.3 is 10.0 Å². The monoisotopic (exact) mass is 295 g/mol. The van der Waals surface area contributed by atoms with Crippen LogP contribution in [0.3, 0.4) is 0 Å². The van der Waals surface area contributed by atoms with E-state index in [1.54, 1.807) is 16.2 Å². The van der Waals surface area contributed by atoms with E-state index in [-0.39, 0.29) is 11.9 Å². The second-order valence-electron chi connectivity index (χ2n) is 6.25. The maximum atomic E-state index is 12.7. The standard InChI is InChI=1S/C15H21NO3S/c1-9(2)16(8-10-6-5-7-20-10)13(17)11-12(14(18)19)15(11,3)4/h5-7,9,11-12H,8H2,1-4H3,(H,18,19). The molecule has 2 unspecified atom stereocenters. The maximum absolute atomic E-state index is 12.7. The van der Waals surface area contributed by atoms with Crippen LogP contribution in [0, 0.1) is 17.3 Å². The van der Waals surface area contributed by atoms with E-state index in [0.717, 1.165) is 4.88 Å². The van der Waals surface area contributed by atoms with Crippen LogP contribution in [0.15, 0.2) is 17.5 Å². The van der Waals surface area contributed by atoms with E-state index < -0.39 is 23.2 Å². The van der Waals surface area contributed by atoms with Gasteiger partial charge in [0.1, 0.15) is 0 Å². The molecule has 2 rings (SSSR count). The lowest BCUT2D eigenvalue weighted by Crippen LogP contribution is -2.38. The Labute approximate surface area is 123 Å². The summed E-state index contributed by atoms with van der Waals surface area (Å²) in [6.07, 6.45) is 0. The van der Waals surface area contributed by atoms with Crippen LogP contribution < -0.4 is 0 Å². The molecule has 0 spiro atoms. The van der Waals surface area contributed by atoms with Crippen LogP contribution in [0.1, 0.15) is 32.6 Å². The second-order valence-corrected chi connectivity index (χ2v) is 7.29. The summed E-state index contributed by atoms with van der Waals surface area (Å²) in [6, 6.07) is 4.03. The molecule has 1 amide bonds. The Balaban J connectivity index is 2.15. The first-order valence-corrected chi connectivity index (χ1v) is 7.70. The van der Waals surface area contributed by atoms with E-state index >= 15 is 0 Å². The van der Waals surface area contributed by atoms with E-state index in [1.807, 2.05) is 45.2 Å². The molecule has 2 atom stereocenters. The summed E-state index contributed by atoms with van der Waals surface area (Å²) in [5, 5.41) is 11.2. The molecule has 110 valence electrons. The fraction of sp³-hybridized carbons (Fsp3) is 0.600. The summed E-state index contributed by atoms with van der Waals surface area (Å²) >= 11 is 1.61. The molecule has 5 heteroatoms. The Bertz CT molecular complexity index is 507. The summed E-state index contributed by atoms with van der Waals surface area (Å²) in [5.74, 6) is -1.86. The summed E-state index contributed by atoms with van der Waals surface area (Å²) in [5.41, 5.74) is -0.439. The number of rotatable bonds is 5. The van der Waals surface area contributed by atoms with Gasteiger partial charge in [-0.2, -0.15) is 0 Å². The van der Waals surface area contributed by atoms with Crippen molar-refractivity contribution >= 4 is 23.2 Å². The van der Waals surface area contributed by atoms with Gasteiger partial charge in [0.2, 0.25) is 5.91 Å². The zero-order valence-electron chi connectivity index (χ0n) is 12.3. The number of carboxylic acid groups (broad SMARTS) is 1. The number of carbonyl (C=O) groups is 2. The first-order chi connectivity index (χ1) is 9.26. The highest BCUT2D eigenvalue weighted by atomic mass is 32.1. The van der Waals surface area contributed by atoms with Crippen molar-refractivity contribution < 1.29 is 14.7 Å². The summed E-state index contributed by atoms with van der Waals surface area (Å²) in [6.45, 7) is 8.22. The van der Waals surface area contributed by atoms with Crippen molar-refractivity contribution in [2.24, 2.45) is 17.3 Å². The van der Waals surface area contributed by atoms with Crippen molar-refractivity contribution in [2.75, 3.05) is 0 Å². The summed E-state index contributed by atoms with van der Waals surface area (Å²) < 4.78 is 0. The number of amides is 1. The zero-order valence-corrected chi connectivity index (χ0v) is 13.1. The van der Waals surface area contributed by atoms with Crippen LogP contribution in [0.2, 0.25) is 0 Å². The summed E-state index contributed by atoms with van der Waals surface area (Å²) in [4.78, 5) is 26.8. The van der Waals surface area contributed by atoms with Crippen molar-refractivity contribution in [3.8, 4) is 0 Å². The van der Waals surface area contributed by atoms with Crippen LogP contribution in [0.5, 0.6) is 0 Å². The fourth-order valence-electron chi connectivity index (χ4n) is 2.82. The minimum absolute atomic E-state index is 0.0363. The highest BCUT2D eigenvalue weighted by Gasteiger charge is 2.66. The van der Waals surface area contributed by atoms with Gasteiger partial charge in [-0.1, -0.05) is 19.9 Å². The second kappa shape index (κ2) is 5.20. The molecule has 1 aliphatic carbocycles. The van der Waals surface area contributed by atoms with Crippen LogP contribution in [-0.2, 0) is 16.1 Å². The van der Waals surface area contributed by atoms with Crippen molar-refractivity contribution in [3.63, 3.8) is 0 Å². The number of hydrogen-bond acceptors (Lipinski definition) is 3. The van der Waals surface area contributed by atoms with Gasteiger partial charge in [0, 0.05) is 10.9 Å². The number of hydrogen-bond donors (Lipinski definition) is 1. The first kappa shape index (κ1) is 15.0. The third-order valence-corrected chi connectivity index (χ3v) is 5.03. The number of aliphatic carboxylic acids is 1. The number of carboxylic acids is 1. The molecule has 1 saturated carbocycles. The quantitative estimate of drug-likeness (QED) is 0.908. The highest BCUT2D eigenvalue weighted by Crippen LogP contribution is 2.59. The van der Waals surface area contributed by atoms with Crippen LogP contribution in [0.25, 0.3) is 0 Å². The Morgan fingerprint density at radius 3 is 2.45 bits per heavy atom. The molecule has 4 nitrogen and oxygen atoms in total. The van der Waals surface area contributed by atoms with E-state index in [2.05, 4.69) is 0 Å². The lowest BCUT2D eigenvalue weighted by molar-refractivity contribution is -0.142. The van der Waals surface area contributed by atoms with E-state index in [9.17, 15) is 14.7 Å². The topological polar surface area (TPSA) is 57.6 Å². The molecule has 0 aliphatic heterocycles. The normalized spacial score (nSPS) is 23.6. The molecule has 1 aromatic rings. The van der Waals surface area contributed by atoms with Gasteiger partial charge in [0.15, 0.2) is 0 Å². The Morgan fingerprint density at radius 2 is 2.05 bits per heavy atom. The van der Waals surface area contributed by atoms with Crippen molar-refractivity contribution in [3.05, 3.63) is 22.4 Å². The smallest absolute Gasteiger partial charge is 0.307 e. The molecule has 1 aromatic heterocycles. The van der Waals surface area contributed by atoms with Crippen LogP contribution in [0.4, 0.5) is 0 Å². The molecule has 1 fully saturated rings. The number of thiophene rings is 1. The average molecular weight is 295 g/mol. The number of carbonyl (C=O) groups excluding carboxylic acids is 1. The van der Waals surface area contributed by atoms with Crippen molar-refractivity contribution in [1.29, 1.82) is 0 Å². The predicted octanol–water partition coefficient (Wildman–Crippen LogP) is 2.84. The molecule has 0 aromatic carbocycles. The maximum Gasteiger partial charge on any atom is 0.307 e. The highest BCUT2D eigenvalue weighted by molar-refractivity contribution is 7.09. The van der Waals surface area contributed by atoms with Gasteiger partial charge in [0.05, 0.1) is 18.4 Å². The van der Waals surface area contributed by atoms with Gasteiger partial charge in [-0.05, 0) is 30.7 Å². The first-order valence-electron chi connectivity index (χ1n) is 6.82. The molecule has 20 heavy (non-hydrogen) atoms. The van der Waals surface area contributed by atoms with E-state index in [1.165, 1.54) is 0 Å². The third kappa shape index (κ3) is 2.59. The zero-order chi connectivity index (χ0) is 15.1. The molecule has 0 bridgehead atoms. The van der Waals surface area contributed by atoms with Gasteiger partial charge in [0.25, 0.3) is 0 Å². The third-order valence-electron chi connectivity index (χ3n) is 4.17. The number of nitrogens with zero attached hydrogens (tertiary/aromatic N) is 1. The minimum Gasteiger partial charge on any atom is -0.481 e. The lowest BCUT2D eigenvalue weighted by atomic mass is 10.1.